The zero-order valence-corrected chi connectivity index (χ0v) is 14.6. The van der Waals surface area contributed by atoms with Crippen LogP contribution in [0.1, 0.15) is 25.3 Å². The highest BCUT2D eigenvalue weighted by Crippen LogP contribution is 2.43. The van der Waals surface area contributed by atoms with Gasteiger partial charge in [0, 0.05) is 5.56 Å². The fraction of sp³-hybridized carbons (Fsp3) is 0.294. The highest BCUT2D eigenvalue weighted by atomic mass is 35.5. The first-order valence-electron chi connectivity index (χ1n) is 7.34. The predicted octanol–water partition coefficient (Wildman–Crippen LogP) is 3.13. The zero-order valence-electron chi connectivity index (χ0n) is 13.9. The van der Waals surface area contributed by atoms with Gasteiger partial charge in [-0.05, 0) is 19.9 Å². The maximum atomic E-state index is 14.9. The maximum Gasteiger partial charge on any atom is 0.338 e. The third-order valence-electron chi connectivity index (χ3n) is 3.70. The Morgan fingerprint density at radius 3 is 2.76 bits per heavy atom. The summed E-state index contributed by atoms with van der Waals surface area (Å²) in [6, 6.07) is 4.66. The van der Waals surface area contributed by atoms with Crippen LogP contribution in [0.3, 0.4) is 0 Å². The van der Waals surface area contributed by atoms with Crippen molar-refractivity contribution in [1.29, 1.82) is 5.26 Å². The molecule has 25 heavy (non-hydrogen) atoms. The fourth-order valence-corrected chi connectivity index (χ4v) is 2.85. The number of hydrogen-bond donors (Lipinski definition) is 1. The van der Waals surface area contributed by atoms with Crippen molar-refractivity contribution >= 4 is 17.6 Å². The SMILES string of the molecule is CCOC(=O)C1=C(C)OC(N)=C(C#N)C1c1ccc(Cl)c(OC)c1F. The quantitative estimate of drug-likeness (QED) is 0.822. The average Bonchev–Trinajstić information content (AvgIpc) is 2.55. The summed E-state index contributed by atoms with van der Waals surface area (Å²) in [6.45, 7) is 3.23. The molecule has 1 heterocycles. The van der Waals surface area contributed by atoms with Crippen LogP contribution in [0.25, 0.3) is 0 Å². The molecule has 2 rings (SSSR count). The number of rotatable bonds is 4. The third kappa shape index (κ3) is 3.26. The van der Waals surface area contributed by atoms with Crippen molar-refractivity contribution in [3.05, 3.63) is 51.3 Å². The molecule has 0 saturated heterocycles. The number of carbonyl (C=O) groups is 1. The number of halogens is 2. The maximum absolute atomic E-state index is 14.9. The molecule has 1 unspecified atom stereocenters. The molecule has 0 aromatic heterocycles. The minimum Gasteiger partial charge on any atom is -0.492 e. The number of nitrogens with zero attached hydrogens (tertiary/aromatic N) is 1. The Hall–Kier alpha value is -2.72. The number of nitriles is 1. The topological polar surface area (TPSA) is 94.6 Å². The van der Waals surface area contributed by atoms with E-state index in [2.05, 4.69) is 0 Å². The Morgan fingerprint density at radius 1 is 1.52 bits per heavy atom. The van der Waals surface area contributed by atoms with E-state index < -0.39 is 17.7 Å². The van der Waals surface area contributed by atoms with Crippen molar-refractivity contribution in [3.8, 4) is 11.8 Å². The fourth-order valence-electron chi connectivity index (χ4n) is 2.62. The van der Waals surface area contributed by atoms with Gasteiger partial charge in [0.05, 0.1) is 30.2 Å². The molecule has 0 saturated carbocycles. The Morgan fingerprint density at radius 2 is 2.20 bits per heavy atom. The number of nitrogens with two attached hydrogens (primary N) is 1. The highest BCUT2D eigenvalue weighted by Gasteiger charge is 2.38. The van der Waals surface area contributed by atoms with Gasteiger partial charge in [0.25, 0.3) is 0 Å². The lowest BCUT2D eigenvalue weighted by atomic mass is 9.82. The number of allylic oxidation sites excluding steroid dienone is 2. The molecule has 0 fully saturated rings. The number of ether oxygens (including phenoxy) is 3. The molecule has 8 heteroatoms. The van der Waals surface area contributed by atoms with E-state index in [1.807, 2.05) is 6.07 Å². The second-order valence-corrected chi connectivity index (χ2v) is 5.51. The van der Waals surface area contributed by atoms with Crippen LogP contribution in [0, 0.1) is 17.1 Å². The molecular weight excluding hydrogens is 351 g/mol. The second kappa shape index (κ2) is 7.45. The van der Waals surface area contributed by atoms with Crippen molar-refractivity contribution in [2.45, 2.75) is 19.8 Å². The van der Waals surface area contributed by atoms with Crippen molar-refractivity contribution in [2.24, 2.45) is 5.73 Å². The summed E-state index contributed by atoms with van der Waals surface area (Å²) in [4.78, 5) is 12.4. The summed E-state index contributed by atoms with van der Waals surface area (Å²) < 4.78 is 30.2. The first-order chi connectivity index (χ1) is 11.9. The van der Waals surface area contributed by atoms with Crippen molar-refractivity contribution in [3.63, 3.8) is 0 Å². The van der Waals surface area contributed by atoms with Crippen LogP contribution in [0.4, 0.5) is 4.39 Å². The summed E-state index contributed by atoms with van der Waals surface area (Å²) >= 11 is 5.92. The summed E-state index contributed by atoms with van der Waals surface area (Å²) in [5.41, 5.74) is 5.67. The Bertz CT molecular complexity index is 827. The molecule has 1 aliphatic heterocycles. The Kier molecular flexibility index (Phi) is 5.55. The molecule has 0 bridgehead atoms. The van der Waals surface area contributed by atoms with E-state index in [0.29, 0.717) is 0 Å². The van der Waals surface area contributed by atoms with Gasteiger partial charge in [-0.15, -0.1) is 0 Å². The van der Waals surface area contributed by atoms with Crippen LogP contribution in [0.5, 0.6) is 5.75 Å². The molecule has 1 aliphatic rings. The van der Waals surface area contributed by atoms with Gasteiger partial charge in [-0.2, -0.15) is 5.26 Å². The van der Waals surface area contributed by atoms with E-state index in [0.717, 1.165) is 0 Å². The number of carbonyl (C=O) groups excluding carboxylic acids is 1. The smallest absolute Gasteiger partial charge is 0.338 e. The molecule has 1 aromatic rings. The lowest BCUT2D eigenvalue weighted by Crippen LogP contribution is -2.26. The van der Waals surface area contributed by atoms with Gasteiger partial charge < -0.3 is 19.9 Å². The predicted molar refractivity (Wildman–Crippen MR) is 87.9 cm³/mol. The standard InChI is InChI=1S/C17H16ClFN2O4/c1-4-24-17(22)12-8(2)25-16(21)10(7-20)13(12)9-5-6-11(18)15(23-3)14(9)19/h5-6,13H,4,21H2,1-3H3. The van der Waals surface area contributed by atoms with E-state index in [1.165, 1.54) is 26.2 Å². The van der Waals surface area contributed by atoms with Crippen molar-refractivity contribution in [1.82, 2.24) is 0 Å². The van der Waals surface area contributed by atoms with Gasteiger partial charge in [-0.1, -0.05) is 17.7 Å². The van der Waals surface area contributed by atoms with Crippen molar-refractivity contribution in [2.75, 3.05) is 13.7 Å². The van der Waals surface area contributed by atoms with Crippen LogP contribution >= 0.6 is 11.6 Å². The van der Waals surface area contributed by atoms with Gasteiger partial charge in [-0.3, -0.25) is 0 Å². The first-order valence-corrected chi connectivity index (χ1v) is 7.72. The van der Waals surface area contributed by atoms with E-state index in [9.17, 15) is 14.4 Å². The number of esters is 1. The largest absolute Gasteiger partial charge is 0.492 e. The molecule has 132 valence electrons. The monoisotopic (exact) mass is 366 g/mol. The van der Waals surface area contributed by atoms with Crippen LogP contribution < -0.4 is 10.5 Å². The molecular formula is C17H16ClFN2O4. The summed E-state index contributed by atoms with van der Waals surface area (Å²) in [6.07, 6.45) is 0. The second-order valence-electron chi connectivity index (χ2n) is 5.10. The van der Waals surface area contributed by atoms with E-state index in [-0.39, 0.29) is 45.7 Å². The number of benzene rings is 1. The lowest BCUT2D eigenvalue weighted by molar-refractivity contribution is -0.139. The van der Waals surface area contributed by atoms with E-state index in [4.69, 9.17) is 31.5 Å². The minimum atomic E-state index is -1.09. The van der Waals surface area contributed by atoms with E-state index >= 15 is 0 Å². The van der Waals surface area contributed by atoms with Gasteiger partial charge in [0.2, 0.25) is 5.88 Å². The van der Waals surface area contributed by atoms with Crippen LogP contribution in [-0.2, 0) is 14.3 Å². The molecule has 1 atom stereocenters. The first kappa shape index (κ1) is 18.6. The molecule has 0 radical (unpaired) electrons. The molecule has 1 aromatic carbocycles. The normalized spacial score (nSPS) is 17.0. The average molecular weight is 367 g/mol. The number of hydrogen-bond acceptors (Lipinski definition) is 6. The Balaban J connectivity index is 2.74. The molecule has 2 N–H and O–H groups in total. The third-order valence-corrected chi connectivity index (χ3v) is 3.99. The van der Waals surface area contributed by atoms with Gasteiger partial charge in [-0.25, -0.2) is 9.18 Å². The molecule has 0 amide bonds. The number of methoxy groups -OCH3 is 1. The lowest BCUT2D eigenvalue weighted by Gasteiger charge is -2.27. The molecule has 6 nitrogen and oxygen atoms in total. The zero-order chi connectivity index (χ0) is 18.7. The van der Waals surface area contributed by atoms with Gasteiger partial charge in [0.1, 0.15) is 17.4 Å². The van der Waals surface area contributed by atoms with Gasteiger partial charge >= 0.3 is 5.97 Å². The summed E-state index contributed by atoms with van der Waals surface area (Å²) in [5, 5.41) is 9.52. The highest BCUT2D eigenvalue weighted by molar-refractivity contribution is 6.32. The van der Waals surface area contributed by atoms with Crippen molar-refractivity contribution < 1.29 is 23.4 Å². The summed E-state index contributed by atoms with van der Waals surface area (Å²) in [5.74, 6) is -2.87. The minimum absolute atomic E-state index is 0.00382. The van der Waals surface area contributed by atoms with Gasteiger partial charge in [0.15, 0.2) is 11.6 Å². The van der Waals surface area contributed by atoms with Crippen LogP contribution in [-0.4, -0.2) is 19.7 Å². The summed E-state index contributed by atoms with van der Waals surface area (Å²) in [7, 11) is 1.26. The molecule has 0 spiro atoms. The van der Waals surface area contributed by atoms with Crippen LogP contribution in [0.15, 0.2) is 34.9 Å². The Labute approximate surface area is 149 Å². The molecule has 0 aliphatic carbocycles. The van der Waals surface area contributed by atoms with Crippen LogP contribution in [0.2, 0.25) is 5.02 Å². The van der Waals surface area contributed by atoms with E-state index in [1.54, 1.807) is 6.92 Å².